The number of rotatable bonds is 3. The molecule has 2 heterocycles. The fourth-order valence-corrected chi connectivity index (χ4v) is 2.07. The molecule has 0 aliphatic carbocycles. The molecule has 2 fully saturated rings. The Hall–Kier alpha value is -1.18. The maximum absolute atomic E-state index is 12.1. The number of morpholine rings is 1. The molecule has 0 aromatic heterocycles. The van der Waals surface area contributed by atoms with Crippen molar-refractivity contribution < 1.29 is 28.9 Å². The van der Waals surface area contributed by atoms with Crippen molar-refractivity contribution in [2.45, 2.75) is 18.6 Å². The highest BCUT2D eigenvalue weighted by molar-refractivity contribution is 5.81. The molecule has 2 unspecified atom stereocenters. The van der Waals surface area contributed by atoms with Crippen molar-refractivity contribution in [1.29, 1.82) is 0 Å². The molecule has 2 rings (SSSR count). The molecule has 2 aliphatic heterocycles. The Morgan fingerprint density at radius 3 is 2.72 bits per heavy atom. The number of hydrogen-bond donors (Lipinski definition) is 1. The topological polar surface area (TPSA) is 85.3 Å². The number of hydrogen-bond acceptors (Lipinski definition) is 5. The highest BCUT2D eigenvalue weighted by Gasteiger charge is 2.32. The van der Waals surface area contributed by atoms with Gasteiger partial charge in [0.25, 0.3) is 5.91 Å². The summed E-state index contributed by atoms with van der Waals surface area (Å²) in [5.41, 5.74) is 0. The molecule has 0 aromatic rings. The summed E-state index contributed by atoms with van der Waals surface area (Å²) in [6, 6.07) is 0. The zero-order valence-electron chi connectivity index (χ0n) is 10.0. The molecule has 7 nitrogen and oxygen atoms in total. The third kappa shape index (κ3) is 3.41. The van der Waals surface area contributed by atoms with Crippen LogP contribution in [0.2, 0.25) is 0 Å². The molecule has 1 amide bonds. The van der Waals surface area contributed by atoms with E-state index in [1.54, 1.807) is 4.90 Å². The van der Waals surface area contributed by atoms with Gasteiger partial charge in [-0.3, -0.25) is 9.59 Å². The molecule has 2 saturated heterocycles. The van der Waals surface area contributed by atoms with Gasteiger partial charge in [-0.05, 0) is 0 Å². The Morgan fingerprint density at radius 1 is 1.22 bits per heavy atom. The summed E-state index contributed by atoms with van der Waals surface area (Å²) >= 11 is 0. The molecule has 7 heteroatoms. The van der Waals surface area contributed by atoms with Gasteiger partial charge in [0.2, 0.25) is 0 Å². The number of carbonyl (C=O) groups excluding carboxylic acids is 1. The Labute approximate surface area is 105 Å². The number of ether oxygens (including phenoxy) is 3. The van der Waals surface area contributed by atoms with Crippen LogP contribution >= 0.6 is 0 Å². The molecule has 18 heavy (non-hydrogen) atoms. The summed E-state index contributed by atoms with van der Waals surface area (Å²) in [7, 11) is 0. The first-order valence-electron chi connectivity index (χ1n) is 5.98. The number of carboxylic acid groups (broad SMARTS) is 1. The van der Waals surface area contributed by atoms with Crippen molar-refractivity contribution in [3.63, 3.8) is 0 Å². The lowest BCUT2D eigenvalue weighted by Gasteiger charge is -2.35. The van der Waals surface area contributed by atoms with Gasteiger partial charge in [-0.25, -0.2) is 0 Å². The van der Waals surface area contributed by atoms with E-state index in [2.05, 4.69) is 0 Å². The average molecular weight is 259 g/mol. The van der Waals surface area contributed by atoms with Gasteiger partial charge in [-0.2, -0.15) is 0 Å². The van der Waals surface area contributed by atoms with E-state index in [9.17, 15) is 9.59 Å². The molecular formula is C11H17NO6. The molecule has 0 radical (unpaired) electrons. The monoisotopic (exact) mass is 259 g/mol. The van der Waals surface area contributed by atoms with Crippen molar-refractivity contribution in [3.05, 3.63) is 0 Å². The summed E-state index contributed by atoms with van der Waals surface area (Å²) in [5, 5.41) is 8.71. The normalized spacial score (nSPS) is 29.0. The highest BCUT2D eigenvalue weighted by Crippen LogP contribution is 2.12. The van der Waals surface area contributed by atoms with Crippen molar-refractivity contribution in [2.75, 3.05) is 39.5 Å². The van der Waals surface area contributed by atoms with Gasteiger partial charge < -0.3 is 24.2 Å². The third-order valence-corrected chi connectivity index (χ3v) is 2.94. The highest BCUT2D eigenvalue weighted by atomic mass is 16.6. The minimum absolute atomic E-state index is 0.0915. The maximum Gasteiger partial charge on any atom is 0.306 e. The number of amides is 1. The third-order valence-electron chi connectivity index (χ3n) is 2.94. The lowest BCUT2D eigenvalue weighted by atomic mass is 10.2. The zero-order valence-corrected chi connectivity index (χ0v) is 10.0. The van der Waals surface area contributed by atoms with Gasteiger partial charge in [0.15, 0.2) is 6.10 Å². The molecule has 2 atom stereocenters. The zero-order chi connectivity index (χ0) is 13.0. The van der Waals surface area contributed by atoms with Gasteiger partial charge in [0.05, 0.1) is 39.0 Å². The SMILES string of the molecule is O=C(O)CC1CN(C(=O)C2COCCO2)CCO1. The molecule has 0 aromatic carbocycles. The molecule has 0 bridgehead atoms. The molecule has 1 N–H and O–H groups in total. The largest absolute Gasteiger partial charge is 0.481 e. The summed E-state index contributed by atoms with van der Waals surface area (Å²) in [6.45, 7) is 2.31. The standard InChI is InChI=1S/C11H17NO6/c13-10(14)5-8-6-12(1-2-17-8)11(15)9-7-16-3-4-18-9/h8-9H,1-7H2,(H,13,14). The first-order chi connectivity index (χ1) is 8.66. The molecular weight excluding hydrogens is 242 g/mol. The van der Waals surface area contributed by atoms with Gasteiger partial charge >= 0.3 is 5.97 Å². The van der Waals surface area contributed by atoms with Crippen LogP contribution in [0.1, 0.15) is 6.42 Å². The summed E-state index contributed by atoms with van der Waals surface area (Å²) in [6.07, 6.45) is -1.10. The van der Waals surface area contributed by atoms with E-state index in [1.807, 2.05) is 0 Å². The number of aliphatic carboxylic acids is 1. The van der Waals surface area contributed by atoms with Crippen LogP contribution in [0, 0.1) is 0 Å². The van der Waals surface area contributed by atoms with Crippen LogP contribution in [0.5, 0.6) is 0 Å². The van der Waals surface area contributed by atoms with Crippen LogP contribution in [0.3, 0.4) is 0 Å². The number of nitrogens with zero attached hydrogens (tertiary/aromatic N) is 1. The minimum Gasteiger partial charge on any atom is -0.481 e. The number of carboxylic acids is 1. The lowest BCUT2D eigenvalue weighted by molar-refractivity contribution is -0.166. The predicted molar refractivity (Wildman–Crippen MR) is 59.1 cm³/mol. The minimum atomic E-state index is -0.924. The van der Waals surface area contributed by atoms with Crippen LogP contribution in [-0.2, 0) is 23.8 Å². The second-order valence-corrected chi connectivity index (χ2v) is 4.31. The van der Waals surface area contributed by atoms with Gasteiger partial charge in [-0.15, -0.1) is 0 Å². The average Bonchev–Trinajstić information content (AvgIpc) is 2.38. The summed E-state index contributed by atoms with van der Waals surface area (Å²) in [4.78, 5) is 24.3. The van der Waals surface area contributed by atoms with E-state index in [-0.39, 0.29) is 18.9 Å². The van der Waals surface area contributed by atoms with E-state index < -0.39 is 18.2 Å². The first-order valence-corrected chi connectivity index (χ1v) is 5.98. The van der Waals surface area contributed by atoms with E-state index in [0.717, 1.165) is 0 Å². The van der Waals surface area contributed by atoms with Gasteiger partial charge in [0, 0.05) is 13.1 Å². The van der Waals surface area contributed by atoms with Crippen molar-refractivity contribution >= 4 is 11.9 Å². The Morgan fingerprint density at radius 2 is 2.06 bits per heavy atom. The van der Waals surface area contributed by atoms with Gasteiger partial charge in [0.1, 0.15) is 0 Å². The van der Waals surface area contributed by atoms with E-state index in [0.29, 0.717) is 32.9 Å². The maximum atomic E-state index is 12.1. The molecule has 2 aliphatic rings. The van der Waals surface area contributed by atoms with Crippen LogP contribution in [-0.4, -0.2) is 73.6 Å². The van der Waals surface area contributed by atoms with Crippen molar-refractivity contribution in [1.82, 2.24) is 4.90 Å². The van der Waals surface area contributed by atoms with Gasteiger partial charge in [-0.1, -0.05) is 0 Å². The summed E-state index contributed by atoms with van der Waals surface area (Å²) < 4.78 is 15.8. The fourth-order valence-electron chi connectivity index (χ4n) is 2.07. The lowest BCUT2D eigenvalue weighted by Crippen LogP contribution is -2.52. The molecule has 0 spiro atoms. The van der Waals surface area contributed by atoms with Crippen LogP contribution in [0.25, 0.3) is 0 Å². The second-order valence-electron chi connectivity index (χ2n) is 4.31. The Bertz CT molecular complexity index is 315. The van der Waals surface area contributed by atoms with Crippen LogP contribution < -0.4 is 0 Å². The summed E-state index contributed by atoms with van der Waals surface area (Å²) in [5.74, 6) is -1.07. The Kier molecular flexibility index (Phi) is 4.51. The van der Waals surface area contributed by atoms with Crippen LogP contribution in [0.4, 0.5) is 0 Å². The quantitative estimate of drug-likeness (QED) is 0.707. The van der Waals surface area contributed by atoms with Crippen molar-refractivity contribution in [2.24, 2.45) is 0 Å². The van der Waals surface area contributed by atoms with E-state index >= 15 is 0 Å². The van der Waals surface area contributed by atoms with E-state index in [4.69, 9.17) is 19.3 Å². The smallest absolute Gasteiger partial charge is 0.306 e. The second kappa shape index (κ2) is 6.12. The first kappa shape index (κ1) is 13.3. The molecule has 102 valence electrons. The fraction of sp³-hybridized carbons (Fsp3) is 0.818. The molecule has 0 saturated carbocycles. The van der Waals surface area contributed by atoms with Crippen molar-refractivity contribution in [3.8, 4) is 0 Å². The Balaban J connectivity index is 1.87. The van der Waals surface area contributed by atoms with Crippen LogP contribution in [0.15, 0.2) is 0 Å². The number of carbonyl (C=O) groups is 2. The predicted octanol–water partition coefficient (Wildman–Crippen LogP) is -0.896. The van der Waals surface area contributed by atoms with E-state index in [1.165, 1.54) is 0 Å².